The van der Waals surface area contributed by atoms with E-state index in [1.165, 1.54) is 6.07 Å². The molecule has 25 heavy (non-hydrogen) atoms. The summed E-state index contributed by atoms with van der Waals surface area (Å²) >= 11 is 6.22. The van der Waals surface area contributed by atoms with Crippen LogP contribution < -0.4 is 4.74 Å². The predicted octanol–water partition coefficient (Wildman–Crippen LogP) is 4.80. The largest absolute Gasteiger partial charge is 0.511 e. The molecule has 0 unspecified atom stereocenters. The minimum Gasteiger partial charge on any atom is -0.511 e. The van der Waals surface area contributed by atoms with Crippen molar-refractivity contribution in [2.75, 3.05) is 0 Å². The van der Waals surface area contributed by atoms with Gasteiger partial charge in [0.1, 0.15) is 11.5 Å². The van der Waals surface area contributed by atoms with E-state index in [-0.39, 0.29) is 36.3 Å². The normalized spacial score (nSPS) is 18.0. The summed E-state index contributed by atoms with van der Waals surface area (Å²) in [6.45, 7) is 1.91. The predicted molar refractivity (Wildman–Crippen MR) is 89.5 cm³/mol. The first-order chi connectivity index (χ1) is 11.7. The van der Waals surface area contributed by atoms with Gasteiger partial charge in [0.15, 0.2) is 11.6 Å². The average molecular weight is 373 g/mol. The summed E-state index contributed by atoms with van der Waals surface area (Å²) in [7, 11) is 0. The molecule has 0 radical (unpaired) electrons. The monoisotopic (exact) mass is 372 g/mol. The van der Waals surface area contributed by atoms with E-state index in [4.69, 9.17) is 11.6 Å². The molecule has 0 aliphatic heterocycles. The number of alkyl halides is 2. The fourth-order valence-corrected chi connectivity index (χ4v) is 3.38. The van der Waals surface area contributed by atoms with Crippen molar-refractivity contribution in [3.63, 3.8) is 0 Å². The maximum absolute atomic E-state index is 12.8. The van der Waals surface area contributed by atoms with Crippen molar-refractivity contribution in [3.8, 4) is 5.75 Å². The lowest BCUT2D eigenvalue weighted by Gasteiger charge is -2.27. The second-order valence-corrected chi connectivity index (χ2v) is 6.43. The van der Waals surface area contributed by atoms with Crippen LogP contribution in [-0.2, 0) is 9.59 Å². The molecule has 4 nitrogen and oxygen atoms in total. The quantitative estimate of drug-likeness (QED) is 0.468. The second kappa shape index (κ2) is 7.52. The molecule has 0 aromatic heterocycles. The van der Waals surface area contributed by atoms with Gasteiger partial charge in [0, 0.05) is 35.8 Å². The van der Waals surface area contributed by atoms with Crippen LogP contribution in [0, 0.1) is 13.8 Å². The maximum atomic E-state index is 12.8. The number of carbonyl (C=O) groups is 2. The van der Waals surface area contributed by atoms with Gasteiger partial charge >= 0.3 is 6.61 Å². The van der Waals surface area contributed by atoms with Gasteiger partial charge in [0.25, 0.3) is 0 Å². The topological polar surface area (TPSA) is 63.6 Å². The maximum Gasteiger partial charge on any atom is 0.387 e. The van der Waals surface area contributed by atoms with Crippen LogP contribution in [0.5, 0.6) is 5.75 Å². The zero-order valence-corrected chi connectivity index (χ0v) is 14.9. The molecule has 0 heterocycles. The van der Waals surface area contributed by atoms with Gasteiger partial charge in [-0.05, 0) is 31.0 Å². The molecule has 0 atom stereocenters. The van der Waals surface area contributed by atoms with Crippen molar-refractivity contribution in [3.05, 3.63) is 39.1 Å². The number of halogens is 3. The lowest BCUT2D eigenvalue weighted by molar-refractivity contribution is -0.124. The highest BCUT2D eigenvalue weighted by Crippen LogP contribution is 2.42. The van der Waals surface area contributed by atoms with E-state index in [0.717, 1.165) is 0 Å². The van der Waals surface area contributed by atoms with Crippen LogP contribution in [0.25, 0.3) is 0 Å². The summed E-state index contributed by atoms with van der Waals surface area (Å²) in [5.41, 5.74) is 1.23. The van der Waals surface area contributed by atoms with Crippen molar-refractivity contribution in [1.82, 2.24) is 0 Å². The number of allylic oxidation sites excluding steroid dienone is 2. The Morgan fingerprint density at radius 2 is 1.88 bits per heavy atom. The number of ketones is 2. The number of carbonyl (C=O) groups excluding carboxylic acids is 2. The first kappa shape index (κ1) is 19.4. The molecular formula is C18H19ClF2O4. The van der Waals surface area contributed by atoms with Gasteiger partial charge in [-0.15, -0.1) is 0 Å². The number of hydrogen-bond donors (Lipinski definition) is 1. The molecule has 1 N–H and O–H groups in total. The Hall–Kier alpha value is -1.95. The van der Waals surface area contributed by atoms with Gasteiger partial charge in [-0.25, -0.2) is 0 Å². The highest BCUT2D eigenvalue weighted by Gasteiger charge is 2.36. The van der Waals surface area contributed by atoms with E-state index in [9.17, 15) is 23.5 Å². The molecule has 0 bridgehead atoms. The van der Waals surface area contributed by atoms with Crippen molar-refractivity contribution < 1.29 is 28.2 Å². The van der Waals surface area contributed by atoms with E-state index in [2.05, 4.69) is 4.74 Å². The summed E-state index contributed by atoms with van der Waals surface area (Å²) in [5.74, 6) is -1.94. The van der Waals surface area contributed by atoms with Crippen molar-refractivity contribution in [1.29, 1.82) is 0 Å². The zero-order valence-electron chi connectivity index (χ0n) is 14.2. The van der Waals surface area contributed by atoms with Gasteiger partial charge in [0.2, 0.25) is 0 Å². The SMILES string of the molecule is CCC(O)=C1C(=O)CC(c2c(OC(F)F)cc(C)c(Cl)c2C)CC1=O. The number of rotatable bonds is 4. The second-order valence-electron chi connectivity index (χ2n) is 6.05. The van der Waals surface area contributed by atoms with Crippen LogP contribution in [0.2, 0.25) is 5.02 Å². The summed E-state index contributed by atoms with van der Waals surface area (Å²) in [5, 5.41) is 10.2. The minimum absolute atomic E-state index is 0.0767. The van der Waals surface area contributed by atoms with Crippen molar-refractivity contribution in [2.24, 2.45) is 0 Å². The van der Waals surface area contributed by atoms with Crippen LogP contribution in [0.3, 0.4) is 0 Å². The summed E-state index contributed by atoms with van der Waals surface area (Å²) in [6, 6.07) is 1.39. The molecule has 136 valence electrons. The molecule has 1 saturated carbocycles. The third kappa shape index (κ3) is 3.84. The third-order valence-corrected chi connectivity index (χ3v) is 4.94. The molecule has 1 aliphatic carbocycles. The number of aliphatic hydroxyl groups is 1. The molecule has 1 aromatic rings. The molecule has 7 heteroatoms. The fourth-order valence-electron chi connectivity index (χ4n) is 3.22. The first-order valence-electron chi connectivity index (χ1n) is 7.90. The van der Waals surface area contributed by atoms with Gasteiger partial charge in [0.05, 0.1) is 5.57 Å². The molecule has 0 saturated heterocycles. The molecule has 1 fully saturated rings. The van der Waals surface area contributed by atoms with E-state index in [0.29, 0.717) is 21.7 Å². The van der Waals surface area contributed by atoms with Crippen LogP contribution in [0.4, 0.5) is 8.78 Å². The number of Topliss-reactive ketones (excluding diaryl/α,β-unsaturated/α-hetero) is 2. The fraction of sp³-hybridized carbons (Fsp3) is 0.444. The van der Waals surface area contributed by atoms with Crippen LogP contribution >= 0.6 is 11.6 Å². The third-order valence-electron chi connectivity index (χ3n) is 4.36. The molecule has 2 rings (SSSR count). The summed E-state index contributed by atoms with van der Waals surface area (Å²) in [6.07, 6.45) is 0.0164. The lowest BCUT2D eigenvalue weighted by Crippen LogP contribution is -2.27. The summed E-state index contributed by atoms with van der Waals surface area (Å²) in [4.78, 5) is 24.6. The molecule has 1 aliphatic rings. The molecule has 0 amide bonds. The van der Waals surface area contributed by atoms with Gasteiger partial charge < -0.3 is 9.84 Å². The lowest BCUT2D eigenvalue weighted by atomic mass is 9.77. The Morgan fingerprint density at radius 3 is 2.36 bits per heavy atom. The summed E-state index contributed by atoms with van der Waals surface area (Å²) < 4.78 is 30.1. The van der Waals surface area contributed by atoms with E-state index >= 15 is 0 Å². The smallest absolute Gasteiger partial charge is 0.387 e. The van der Waals surface area contributed by atoms with E-state index in [1.807, 2.05) is 0 Å². The van der Waals surface area contributed by atoms with Gasteiger partial charge in [-0.3, -0.25) is 9.59 Å². The van der Waals surface area contributed by atoms with Crippen molar-refractivity contribution in [2.45, 2.75) is 52.6 Å². The van der Waals surface area contributed by atoms with Gasteiger partial charge in [-0.2, -0.15) is 8.78 Å². The number of benzene rings is 1. The van der Waals surface area contributed by atoms with Gasteiger partial charge in [-0.1, -0.05) is 18.5 Å². The van der Waals surface area contributed by atoms with Crippen LogP contribution in [0.1, 0.15) is 48.8 Å². The Morgan fingerprint density at radius 1 is 1.32 bits per heavy atom. The highest BCUT2D eigenvalue weighted by atomic mass is 35.5. The van der Waals surface area contributed by atoms with E-state index in [1.54, 1.807) is 20.8 Å². The Balaban J connectivity index is 2.51. The first-order valence-corrected chi connectivity index (χ1v) is 8.28. The minimum atomic E-state index is -3.03. The highest BCUT2D eigenvalue weighted by molar-refractivity contribution is 6.32. The molecule has 0 spiro atoms. The molecular weight excluding hydrogens is 354 g/mol. The number of ether oxygens (including phenoxy) is 1. The molecule has 1 aromatic carbocycles. The van der Waals surface area contributed by atoms with Crippen molar-refractivity contribution >= 4 is 23.2 Å². The zero-order chi connectivity index (χ0) is 18.9. The van der Waals surface area contributed by atoms with E-state index < -0.39 is 24.1 Å². The van der Waals surface area contributed by atoms with Crippen LogP contribution in [-0.4, -0.2) is 23.3 Å². The number of aliphatic hydroxyl groups excluding tert-OH is 1. The Bertz CT molecular complexity index is 736. The number of hydrogen-bond acceptors (Lipinski definition) is 4. The number of aryl methyl sites for hydroxylation is 1. The Labute approximate surface area is 149 Å². The van der Waals surface area contributed by atoms with Crippen LogP contribution in [0.15, 0.2) is 17.4 Å². The average Bonchev–Trinajstić information content (AvgIpc) is 2.51. The Kier molecular flexibility index (Phi) is 5.83. The standard InChI is InChI=1S/C18H19ClF2O4/c1-4-11(22)16-12(23)6-10(7-13(16)24)15-9(3)17(19)8(2)5-14(15)25-18(20)21/h5,10,18,22H,4,6-7H2,1-3H3.